The third kappa shape index (κ3) is 2.66. The van der Waals surface area contributed by atoms with Crippen molar-refractivity contribution in [1.29, 1.82) is 0 Å². The molecule has 110 valence electrons. The smallest absolute Gasteiger partial charge is 0.182 e. The molecule has 0 radical (unpaired) electrons. The van der Waals surface area contributed by atoms with Gasteiger partial charge in [-0.2, -0.15) is 0 Å². The van der Waals surface area contributed by atoms with Crippen LogP contribution >= 0.6 is 0 Å². The first kappa shape index (κ1) is 14.9. The van der Waals surface area contributed by atoms with E-state index in [0.717, 1.165) is 18.6 Å². The summed E-state index contributed by atoms with van der Waals surface area (Å²) < 4.78 is 11.3. The summed E-state index contributed by atoms with van der Waals surface area (Å²) in [4.78, 5) is 14.7. The van der Waals surface area contributed by atoms with Gasteiger partial charge in [0.25, 0.3) is 0 Å². The second kappa shape index (κ2) is 5.83. The predicted molar refractivity (Wildman–Crippen MR) is 78.8 cm³/mol. The van der Waals surface area contributed by atoms with Gasteiger partial charge in [0, 0.05) is 12.0 Å². The SMILES string of the molecule is CCC(C)(C(=O)c1ccc2c(c1)OCCCO2)N(C)C. The van der Waals surface area contributed by atoms with Crippen molar-refractivity contribution in [3.05, 3.63) is 23.8 Å². The molecular formula is C16H23NO3. The number of likely N-dealkylation sites (N-methyl/N-ethyl adjacent to an activating group) is 1. The minimum absolute atomic E-state index is 0.112. The lowest BCUT2D eigenvalue weighted by molar-refractivity contribution is 0.0710. The lowest BCUT2D eigenvalue weighted by atomic mass is 9.87. The zero-order chi connectivity index (χ0) is 14.8. The largest absolute Gasteiger partial charge is 0.490 e. The maximum absolute atomic E-state index is 12.8. The van der Waals surface area contributed by atoms with Crippen LogP contribution in [0, 0.1) is 0 Å². The van der Waals surface area contributed by atoms with E-state index in [1.165, 1.54) is 0 Å². The Morgan fingerprint density at radius 3 is 2.50 bits per heavy atom. The number of hydrogen-bond acceptors (Lipinski definition) is 4. The van der Waals surface area contributed by atoms with Gasteiger partial charge >= 0.3 is 0 Å². The number of carbonyl (C=O) groups is 1. The van der Waals surface area contributed by atoms with Crippen molar-refractivity contribution in [3.8, 4) is 11.5 Å². The standard InChI is InChI=1S/C16H23NO3/c1-5-16(2,17(3)4)15(18)12-7-8-13-14(11-12)20-10-6-9-19-13/h7-8,11H,5-6,9-10H2,1-4H3. The molecule has 0 aromatic heterocycles. The van der Waals surface area contributed by atoms with Crippen molar-refractivity contribution in [1.82, 2.24) is 4.90 Å². The van der Waals surface area contributed by atoms with Crippen molar-refractivity contribution in [2.45, 2.75) is 32.2 Å². The molecule has 0 saturated carbocycles. The van der Waals surface area contributed by atoms with Gasteiger partial charge in [-0.3, -0.25) is 9.69 Å². The third-order valence-electron chi connectivity index (χ3n) is 4.17. The van der Waals surface area contributed by atoms with E-state index in [1.54, 1.807) is 6.07 Å². The van der Waals surface area contributed by atoms with Crippen LogP contribution in [0.4, 0.5) is 0 Å². The first-order valence-electron chi connectivity index (χ1n) is 7.11. The van der Waals surface area contributed by atoms with Crippen LogP contribution in [0.25, 0.3) is 0 Å². The zero-order valence-electron chi connectivity index (χ0n) is 12.7. The molecule has 1 aromatic rings. The molecule has 4 heteroatoms. The summed E-state index contributed by atoms with van der Waals surface area (Å²) in [6.07, 6.45) is 1.62. The first-order chi connectivity index (χ1) is 9.49. The highest BCUT2D eigenvalue weighted by atomic mass is 16.5. The number of fused-ring (bicyclic) bond motifs is 1. The van der Waals surface area contributed by atoms with E-state index in [-0.39, 0.29) is 5.78 Å². The van der Waals surface area contributed by atoms with Crippen LogP contribution in [0.2, 0.25) is 0 Å². The summed E-state index contributed by atoms with van der Waals surface area (Å²) in [5.74, 6) is 1.51. The van der Waals surface area contributed by atoms with Gasteiger partial charge in [-0.05, 0) is 45.6 Å². The molecule has 2 rings (SSSR count). The Kier molecular flexibility index (Phi) is 4.33. The molecule has 20 heavy (non-hydrogen) atoms. The lowest BCUT2D eigenvalue weighted by Crippen LogP contribution is -2.48. The van der Waals surface area contributed by atoms with E-state index < -0.39 is 5.54 Å². The summed E-state index contributed by atoms with van der Waals surface area (Å²) in [5.41, 5.74) is 0.173. The third-order valence-corrected chi connectivity index (χ3v) is 4.17. The zero-order valence-corrected chi connectivity index (χ0v) is 12.7. The van der Waals surface area contributed by atoms with Crippen LogP contribution in [-0.4, -0.2) is 43.5 Å². The molecule has 1 aliphatic heterocycles. The minimum atomic E-state index is -0.500. The van der Waals surface area contributed by atoms with Gasteiger partial charge in [-0.25, -0.2) is 0 Å². The number of hydrogen-bond donors (Lipinski definition) is 0. The van der Waals surface area contributed by atoms with E-state index in [2.05, 4.69) is 0 Å². The van der Waals surface area contributed by atoms with Crippen molar-refractivity contribution in [2.24, 2.45) is 0 Å². The normalized spacial score (nSPS) is 17.4. The number of carbonyl (C=O) groups excluding carboxylic acids is 1. The molecule has 1 aliphatic rings. The number of ether oxygens (including phenoxy) is 2. The number of rotatable bonds is 4. The van der Waals surface area contributed by atoms with Crippen LogP contribution in [0.5, 0.6) is 11.5 Å². The first-order valence-corrected chi connectivity index (χ1v) is 7.11. The topological polar surface area (TPSA) is 38.8 Å². The number of ketones is 1. The monoisotopic (exact) mass is 277 g/mol. The molecule has 0 aliphatic carbocycles. The fraction of sp³-hybridized carbons (Fsp3) is 0.562. The molecule has 1 atom stereocenters. The van der Waals surface area contributed by atoms with Crippen molar-refractivity contribution in [2.75, 3.05) is 27.3 Å². The number of benzene rings is 1. The van der Waals surface area contributed by atoms with Gasteiger partial charge in [0.1, 0.15) is 0 Å². The Balaban J connectivity index is 2.34. The fourth-order valence-corrected chi connectivity index (χ4v) is 2.30. The van der Waals surface area contributed by atoms with E-state index in [9.17, 15) is 4.79 Å². The van der Waals surface area contributed by atoms with E-state index in [0.29, 0.717) is 24.5 Å². The second-order valence-corrected chi connectivity index (χ2v) is 5.56. The summed E-state index contributed by atoms with van der Waals surface area (Å²) in [7, 11) is 3.87. The number of nitrogens with zero attached hydrogens (tertiary/aromatic N) is 1. The Morgan fingerprint density at radius 1 is 1.25 bits per heavy atom. The van der Waals surface area contributed by atoms with Crippen molar-refractivity contribution in [3.63, 3.8) is 0 Å². The summed E-state index contributed by atoms with van der Waals surface area (Å²) in [6.45, 7) is 5.29. The predicted octanol–water partition coefficient (Wildman–Crippen LogP) is 2.76. The number of Topliss-reactive ketones (excluding diaryl/α,β-unsaturated/α-hetero) is 1. The Labute approximate surface area is 120 Å². The van der Waals surface area contributed by atoms with Crippen LogP contribution < -0.4 is 9.47 Å². The fourth-order valence-electron chi connectivity index (χ4n) is 2.30. The van der Waals surface area contributed by atoms with Gasteiger partial charge < -0.3 is 9.47 Å². The minimum Gasteiger partial charge on any atom is -0.490 e. The summed E-state index contributed by atoms with van der Waals surface area (Å²) >= 11 is 0. The average Bonchev–Trinajstić information content (AvgIpc) is 2.69. The summed E-state index contributed by atoms with van der Waals surface area (Å²) in [6, 6.07) is 5.47. The van der Waals surface area contributed by atoms with Gasteiger partial charge in [-0.15, -0.1) is 0 Å². The van der Waals surface area contributed by atoms with Crippen LogP contribution in [0.3, 0.4) is 0 Å². The maximum atomic E-state index is 12.8. The van der Waals surface area contributed by atoms with Crippen LogP contribution in [0.15, 0.2) is 18.2 Å². The van der Waals surface area contributed by atoms with E-state index >= 15 is 0 Å². The highest BCUT2D eigenvalue weighted by molar-refractivity contribution is 6.03. The van der Waals surface area contributed by atoms with Gasteiger partial charge in [-0.1, -0.05) is 6.92 Å². The Hall–Kier alpha value is -1.55. The lowest BCUT2D eigenvalue weighted by Gasteiger charge is -2.34. The van der Waals surface area contributed by atoms with Crippen LogP contribution in [0.1, 0.15) is 37.0 Å². The molecule has 1 heterocycles. The molecule has 0 fully saturated rings. The molecule has 0 bridgehead atoms. The van der Waals surface area contributed by atoms with Crippen LogP contribution in [-0.2, 0) is 0 Å². The molecule has 1 unspecified atom stereocenters. The van der Waals surface area contributed by atoms with Gasteiger partial charge in [0.05, 0.1) is 18.8 Å². The molecule has 0 saturated heterocycles. The highest BCUT2D eigenvalue weighted by Gasteiger charge is 2.34. The van der Waals surface area contributed by atoms with E-state index in [1.807, 2.05) is 45.0 Å². The molecule has 4 nitrogen and oxygen atoms in total. The van der Waals surface area contributed by atoms with E-state index in [4.69, 9.17) is 9.47 Å². The summed E-state index contributed by atoms with van der Waals surface area (Å²) in [5, 5.41) is 0. The highest BCUT2D eigenvalue weighted by Crippen LogP contribution is 2.32. The van der Waals surface area contributed by atoms with Crippen molar-refractivity contribution < 1.29 is 14.3 Å². The Morgan fingerprint density at radius 2 is 1.90 bits per heavy atom. The second-order valence-electron chi connectivity index (χ2n) is 5.56. The van der Waals surface area contributed by atoms with Gasteiger partial charge in [0.15, 0.2) is 17.3 Å². The molecular weight excluding hydrogens is 254 g/mol. The van der Waals surface area contributed by atoms with Crippen molar-refractivity contribution >= 4 is 5.78 Å². The maximum Gasteiger partial charge on any atom is 0.182 e. The Bertz CT molecular complexity index is 498. The molecule has 0 spiro atoms. The quantitative estimate of drug-likeness (QED) is 0.793. The molecule has 1 aromatic carbocycles. The van der Waals surface area contributed by atoms with Gasteiger partial charge in [0.2, 0.25) is 0 Å². The molecule has 0 amide bonds. The molecule has 0 N–H and O–H groups in total. The average molecular weight is 277 g/mol.